The van der Waals surface area contributed by atoms with Crippen LogP contribution in [0, 0.1) is 0 Å². The molecule has 0 radical (unpaired) electrons. The highest BCUT2D eigenvalue weighted by molar-refractivity contribution is 8.32. The van der Waals surface area contributed by atoms with Gasteiger partial charge in [0.2, 0.25) is 0 Å². The molecule has 2 aliphatic heterocycles. The average molecular weight is 524 g/mol. The first kappa shape index (κ1) is 28.4. The van der Waals surface area contributed by atoms with Crippen LogP contribution in [0.3, 0.4) is 0 Å². The van der Waals surface area contributed by atoms with Gasteiger partial charge in [0.1, 0.15) is 23.7 Å². The van der Waals surface area contributed by atoms with Gasteiger partial charge in [-0.2, -0.15) is 0 Å². The molecule has 0 bridgehead atoms. The lowest BCUT2D eigenvalue weighted by Crippen LogP contribution is -2.20. The molecule has 0 aromatic carbocycles. The predicted octanol–water partition coefficient (Wildman–Crippen LogP) is 3.88. The number of hydrogen-bond acceptors (Lipinski definition) is 8. The van der Waals surface area contributed by atoms with Gasteiger partial charge >= 0.3 is 0 Å². The van der Waals surface area contributed by atoms with Crippen LogP contribution >= 0.6 is 10.0 Å². The minimum Gasteiger partial charge on any atom is -0.462 e. The second-order valence-corrected chi connectivity index (χ2v) is 15.6. The number of ether oxygens (including phenoxy) is 3. The molecule has 2 aromatic rings. The molecular weight excluding hydrogens is 478 g/mol. The number of aromatic nitrogens is 3. The largest absolute Gasteiger partial charge is 0.462 e. The van der Waals surface area contributed by atoms with Crippen LogP contribution in [-0.2, 0) is 25.7 Å². The van der Waals surface area contributed by atoms with Crippen LogP contribution in [0.25, 0.3) is 16.7 Å². The third kappa shape index (κ3) is 9.06. The molecule has 10 heteroatoms. The molecule has 4 rings (SSSR count). The molecule has 1 fully saturated rings. The van der Waals surface area contributed by atoms with E-state index in [1.165, 1.54) is 11.1 Å². The fourth-order valence-corrected chi connectivity index (χ4v) is 4.41. The molecular formula is C26H45N5O4S. The van der Waals surface area contributed by atoms with Gasteiger partial charge in [-0.3, -0.25) is 4.79 Å². The van der Waals surface area contributed by atoms with Crippen LogP contribution in [-0.4, -0.2) is 90.1 Å². The first-order valence-corrected chi connectivity index (χ1v) is 15.5. The Hall–Kier alpha value is -2.14. The van der Waals surface area contributed by atoms with Crippen LogP contribution in [0.2, 0.25) is 0 Å². The standard InChI is InChI=1S/C21H33N5O2S.C5H10O2.H2/c1-29(2,3)11-10-28-15-26-13-18(16-4-7-22-8-5-16)20-21(26)23-12-19(25-20)24-17-6-9-27-14-17;1-5(2,3)7-4-6;/h4,12-13,17,22H,5-11,14-15H2,1-3H3,(H,24,25);4H,1-3H3;1H. The first-order valence-electron chi connectivity index (χ1n) is 12.5. The molecule has 2 aliphatic rings. The Morgan fingerprint density at radius 2 is 2.17 bits per heavy atom. The van der Waals surface area contributed by atoms with E-state index in [4.69, 9.17) is 19.4 Å². The topological polar surface area (TPSA) is 99.5 Å². The summed E-state index contributed by atoms with van der Waals surface area (Å²) in [7, 11) is -0.547. The molecule has 1 atom stereocenters. The van der Waals surface area contributed by atoms with Crippen molar-refractivity contribution in [3.63, 3.8) is 0 Å². The minimum absolute atomic E-state index is 0. The highest BCUT2D eigenvalue weighted by atomic mass is 32.3. The van der Waals surface area contributed by atoms with Gasteiger partial charge in [-0.1, -0.05) is 6.08 Å². The zero-order valence-corrected chi connectivity index (χ0v) is 23.5. The lowest BCUT2D eigenvalue weighted by atomic mass is 10.0. The molecule has 36 heavy (non-hydrogen) atoms. The van der Waals surface area contributed by atoms with Crippen molar-refractivity contribution >= 4 is 39.1 Å². The second kappa shape index (κ2) is 12.9. The van der Waals surface area contributed by atoms with Crippen LogP contribution < -0.4 is 10.6 Å². The SMILES string of the molecule is CC(C)(C)OC=O.CS(C)(C)CCOCn1cc(C2=CCNCC2)c2nc(NC3CCOC3)cnc21.[HH]. The lowest BCUT2D eigenvalue weighted by Gasteiger charge is -2.24. The molecule has 204 valence electrons. The van der Waals surface area contributed by atoms with Gasteiger partial charge in [-0.15, -0.1) is 0 Å². The van der Waals surface area contributed by atoms with Crippen molar-refractivity contribution < 1.29 is 20.4 Å². The quantitative estimate of drug-likeness (QED) is 0.377. The second-order valence-electron chi connectivity index (χ2n) is 11.0. The zero-order valence-electron chi connectivity index (χ0n) is 22.6. The summed E-state index contributed by atoms with van der Waals surface area (Å²) in [6.07, 6.45) is 15.2. The van der Waals surface area contributed by atoms with Crippen LogP contribution in [0.15, 0.2) is 18.5 Å². The van der Waals surface area contributed by atoms with E-state index < -0.39 is 10.0 Å². The molecule has 1 unspecified atom stereocenters. The highest BCUT2D eigenvalue weighted by Crippen LogP contribution is 2.34. The molecule has 2 N–H and O–H groups in total. The number of anilines is 1. The fraction of sp³-hybridized carbons (Fsp3) is 0.654. The van der Waals surface area contributed by atoms with Gasteiger partial charge in [0.25, 0.3) is 6.47 Å². The van der Waals surface area contributed by atoms with E-state index in [2.05, 4.69) is 51.0 Å². The van der Waals surface area contributed by atoms with Crippen molar-refractivity contribution in [2.45, 2.75) is 52.0 Å². The highest BCUT2D eigenvalue weighted by Gasteiger charge is 2.20. The smallest absolute Gasteiger partial charge is 0.293 e. The number of carbonyl (C=O) groups excluding carboxylic acids is 1. The Morgan fingerprint density at radius 3 is 2.75 bits per heavy atom. The lowest BCUT2D eigenvalue weighted by molar-refractivity contribution is -0.138. The maximum atomic E-state index is 9.60. The number of nitrogens with zero attached hydrogens (tertiary/aromatic N) is 3. The monoisotopic (exact) mass is 523 g/mol. The molecule has 1 saturated heterocycles. The maximum absolute atomic E-state index is 9.60. The van der Waals surface area contributed by atoms with Crippen LogP contribution in [0.1, 0.15) is 40.6 Å². The van der Waals surface area contributed by atoms with E-state index in [0.717, 1.165) is 68.5 Å². The van der Waals surface area contributed by atoms with E-state index in [1.54, 1.807) is 0 Å². The summed E-state index contributed by atoms with van der Waals surface area (Å²) < 4.78 is 18.1. The Bertz CT molecular complexity index is 1030. The third-order valence-corrected chi connectivity index (χ3v) is 7.12. The summed E-state index contributed by atoms with van der Waals surface area (Å²) in [6.45, 7) is 10.6. The van der Waals surface area contributed by atoms with Crippen molar-refractivity contribution in [3.8, 4) is 0 Å². The summed E-state index contributed by atoms with van der Waals surface area (Å²) in [5, 5.41) is 6.86. The predicted molar refractivity (Wildman–Crippen MR) is 151 cm³/mol. The summed E-state index contributed by atoms with van der Waals surface area (Å²) >= 11 is 0. The van der Waals surface area contributed by atoms with Crippen molar-refractivity contribution in [3.05, 3.63) is 24.0 Å². The normalized spacial score (nSPS) is 18.8. The van der Waals surface area contributed by atoms with E-state index in [9.17, 15) is 4.79 Å². The van der Waals surface area contributed by atoms with Gasteiger partial charge in [-0.25, -0.2) is 20.0 Å². The van der Waals surface area contributed by atoms with Crippen LogP contribution in [0.5, 0.6) is 0 Å². The van der Waals surface area contributed by atoms with Crippen molar-refractivity contribution in [1.82, 2.24) is 19.9 Å². The minimum atomic E-state index is -0.547. The molecule has 0 spiro atoms. The van der Waals surface area contributed by atoms with E-state index in [1.807, 2.05) is 27.0 Å². The van der Waals surface area contributed by atoms with Crippen molar-refractivity contribution in [2.24, 2.45) is 0 Å². The van der Waals surface area contributed by atoms with E-state index in [0.29, 0.717) is 19.2 Å². The first-order chi connectivity index (χ1) is 17.1. The van der Waals surface area contributed by atoms with Gasteiger partial charge in [0.05, 0.1) is 25.5 Å². The van der Waals surface area contributed by atoms with E-state index in [-0.39, 0.29) is 7.03 Å². The Balaban J connectivity index is 0.000000532. The van der Waals surface area contributed by atoms with Gasteiger partial charge in [0, 0.05) is 32.1 Å². The molecule has 2 aromatic heterocycles. The molecule has 9 nitrogen and oxygen atoms in total. The molecule has 0 amide bonds. The van der Waals surface area contributed by atoms with E-state index >= 15 is 0 Å². The number of fused-ring (bicyclic) bond motifs is 1. The van der Waals surface area contributed by atoms with Crippen molar-refractivity contribution in [1.29, 1.82) is 0 Å². The number of rotatable bonds is 9. The summed E-state index contributed by atoms with van der Waals surface area (Å²) in [5.41, 5.74) is 4.03. The van der Waals surface area contributed by atoms with Crippen LogP contribution in [0.4, 0.5) is 5.82 Å². The van der Waals surface area contributed by atoms with Gasteiger partial charge < -0.3 is 29.4 Å². The van der Waals surface area contributed by atoms with Gasteiger partial charge in [-0.05, 0) is 64.5 Å². The van der Waals surface area contributed by atoms with Crippen molar-refractivity contribution in [2.75, 3.05) is 62.7 Å². The Morgan fingerprint density at radius 1 is 1.36 bits per heavy atom. The Kier molecular flexibility index (Phi) is 10.2. The molecule has 4 heterocycles. The summed E-state index contributed by atoms with van der Waals surface area (Å²) in [5.74, 6) is 1.93. The molecule has 0 aliphatic carbocycles. The number of nitrogens with one attached hydrogen (secondary N) is 2. The number of hydrogen-bond donors (Lipinski definition) is 2. The molecule has 0 saturated carbocycles. The van der Waals surface area contributed by atoms with Gasteiger partial charge in [0.15, 0.2) is 5.65 Å². The Labute approximate surface area is 218 Å². The number of carbonyl (C=O) groups is 1. The zero-order chi connectivity index (χ0) is 26.2. The fourth-order valence-electron chi connectivity index (χ4n) is 3.80. The summed E-state index contributed by atoms with van der Waals surface area (Å²) in [4.78, 5) is 19.3. The summed E-state index contributed by atoms with van der Waals surface area (Å²) in [6, 6.07) is 0.314. The third-order valence-electron chi connectivity index (χ3n) is 5.73. The maximum Gasteiger partial charge on any atom is 0.293 e. The average Bonchev–Trinajstić information content (AvgIpc) is 3.44.